The Morgan fingerprint density at radius 2 is 1.95 bits per heavy atom. The van der Waals surface area contributed by atoms with Crippen LogP contribution < -0.4 is 16.2 Å². The lowest BCUT2D eigenvalue weighted by molar-refractivity contribution is -0.121. The molecule has 2 aromatic rings. The first kappa shape index (κ1) is 16.3. The van der Waals surface area contributed by atoms with Gasteiger partial charge in [0.2, 0.25) is 0 Å². The van der Waals surface area contributed by atoms with Crippen molar-refractivity contribution >= 4 is 27.7 Å². The van der Waals surface area contributed by atoms with Gasteiger partial charge in [-0.05, 0) is 47.1 Å². The predicted molar refractivity (Wildman–Crippen MR) is 84.9 cm³/mol. The molecule has 1 aromatic heterocycles. The third-order valence-electron chi connectivity index (χ3n) is 2.97. The second kappa shape index (κ2) is 7.77. The standard InChI is InChI=1S/C15H16BrN3O3/c1-10(13-7-4-8-22-13)17-9-14(20)18-19-15(21)11-5-2-3-6-12(11)16/h2-8,10,17H,9H2,1H3,(H,18,20)(H,19,21)/t10-/m0/s1. The van der Waals surface area contributed by atoms with Crippen molar-refractivity contribution in [2.24, 2.45) is 0 Å². The summed E-state index contributed by atoms with van der Waals surface area (Å²) in [5, 5.41) is 2.99. The van der Waals surface area contributed by atoms with Crippen LogP contribution in [0.5, 0.6) is 0 Å². The zero-order valence-electron chi connectivity index (χ0n) is 11.9. The van der Waals surface area contributed by atoms with Gasteiger partial charge in [-0.1, -0.05) is 12.1 Å². The minimum Gasteiger partial charge on any atom is -0.468 e. The first-order chi connectivity index (χ1) is 10.6. The Bertz CT molecular complexity index is 643. The number of amides is 2. The molecular weight excluding hydrogens is 350 g/mol. The molecule has 0 aliphatic heterocycles. The molecule has 1 heterocycles. The predicted octanol–water partition coefficient (Wildman–Crippen LogP) is 2.15. The maximum absolute atomic E-state index is 11.9. The molecule has 0 aliphatic carbocycles. The monoisotopic (exact) mass is 365 g/mol. The number of hydrogen-bond donors (Lipinski definition) is 3. The van der Waals surface area contributed by atoms with E-state index in [-0.39, 0.29) is 24.4 Å². The van der Waals surface area contributed by atoms with E-state index in [1.807, 2.05) is 13.0 Å². The van der Waals surface area contributed by atoms with Crippen LogP contribution in [0, 0.1) is 0 Å². The van der Waals surface area contributed by atoms with Gasteiger partial charge in [-0.3, -0.25) is 25.8 Å². The molecule has 2 amide bonds. The van der Waals surface area contributed by atoms with Crippen LogP contribution in [0.15, 0.2) is 51.6 Å². The summed E-state index contributed by atoms with van der Waals surface area (Å²) in [5.74, 6) is 0.00349. The molecule has 0 saturated carbocycles. The highest BCUT2D eigenvalue weighted by atomic mass is 79.9. The van der Waals surface area contributed by atoms with Crippen molar-refractivity contribution in [2.75, 3.05) is 6.54 Å². The summed E-state index contributed by atoms with van der Waals surface area (Å²) in [5.41, 5.74) is 5.17. The quantitative estimate of drug-likeness (QED) is 0.709. The van der Waals surface area contributed by atoms with E-state index in [0.29, 0.717) is 10.0 Å². The average Bonchev–Trinajstić information content (AvgIpc) is 3.05. The molecule has 0 spiro atoms. The number of nitrogens with one attached hydrogen (secondary N) is 3. The second-order valence-electron chi connectivity index (χ2n) is 4.60. The average molecular weight is 366 g/mol. The maximum atomic E-state index is 11.9. The summed E-state index contributed by atoms with van der Waals surface area (Å²) in [6.45, 7) is 1.93. The van der Waals surface area contributed by atoms with Gasteiger partial charge in [-0.25, -0.2) is 0 Å². The molecule has 0 aliphatic rings. The van der Waals surface area contributed by atoms with Crippen molar-refractivity contribution < 1.29 is 14.0 Å². The number of furan rings is 1. The van der Waals surface area contributed by atoms with Gasteiger partial charge < -0.3 is 4.42 Å². The fourth-order valence-corrected chi connectivity index (χ4v) is 2.23. The molecule has 3 N–H and O–H groups in total. The second-order valence-corrected chi connectivity index (χ2v) is 5.45. The van der Waals surface area contributed by atoms with E-state index in [1.165, 1.54) is 0 Å². The van der Waals surface area contributed by atoms with Gasteiger partial charge in [0.05, 0.1) is 24.4 Å². The largest absolute Gasteiger partial charge is 0.468 e. The van der Waals surface area contributed by atoms with Gasteiger partial charge in [0, 0.05) is 4.47 Å². The van der Waals surface area contributed by atoms with E-state index in [1.54, 1.807) is 36.6 Å². The highest BCUT2D eigenvalue weighted by Gasteiger charge is 2.12. The fraction of sp³-hybridized carbons (Fsp3) is 0.200. The van der Waals surface area contributed by atoms with Crippen molar-refractivity contribution in [3.05, 3.63) is 58.5 Å². The Kier molecular flexibility index (Phi) is 5.74. The lowest BCUT2D eigenvalue weighted by Gasteiger charge is -2.12. The molecule has 0 unspecified atom stereocenters. The topological polar surface area (TPSA) is 83.4 Å². The van der Waals surface area contributed by atoms with Crippen molar-refractivity contribution in [3.8, 4) is 0 Å². The first-order valence-corrected chi connectivity index (χ1v) is 7.47. The Morgan fingerprint density at radius 1 is 1.18 bits per heavy atom. The normalized spacial score (nSPS) is 11.7. The molecule has 6 nitrogen and oxygen atoms in total. The highest BCUT2D eigenvalue weighted by molar-refractivity contribution is 9.10. The van der Waals surface area contributed by atoms with Crippen LogP contribution in [-0.2, 0) is 4.79 Å². The van der Waals surface area contributed by atoms with Crippen LogP contribution >= 0.6 is 15.9 Å². The lowest BCUT2D eigenvalue weighted by Crippen LogP contribution is -2.45. The molecule has 1 atom stereocenters. The maximum Gasteiger partial charge on any atom is 0.270 e. The van der Waals surface area contributed by atoms with Gasteiger partial charge in [0.25, 0.3) is 11.8 Å². The number of benzene rings is 1. The molecular formula is C15H16BrN3O3. The first-order valence-electron chi connectivity index (χ1n) is 6.68. The van der Waals surface area contributed by atoms with Crippen LogP contribution in [0.4, 0.5) is 0 Å². The number of carbonyl (C=O) groups excluding carboxylic acids is 2. The molecule has 1 aromatic carbocycles. The van der Waals surface area contributed by atoms with Gasteiger partial charge in [0.15, 0.2) is 0 Å². The Labute approximate surface area is 136 Å². The van der Waals surface area contributed by atoms with E-state index >= 15 is 0 Å². The Balaban J connectivity index is 1.76. The summed E-state index contributed by atoms with van der Waals surface area (Å²) in [6.07, 6.45) is 1.57. The summed E-state index contributed by atoms with van der Waals surface area (Å²) in [7, 11) is 0. The Hall–Kier alpha value is -2.12. The summed E-state index contributed by atoms with van der Waals surface area (Å²) in [4.78, 5) is 23.6. The molecule has 2 rings (SSSR count). The smallest absolute Gasteiger partial charge is 0.270 e. The lowest BCUT2D eigenvalue weighted by atomic mass is 10.2. The zero-order chi connectivity index (χ0) is 15.9. The molecule has 0 bridgehead atoms. The third kappa shape index (κ3) is 4.44. The minimum atomic E-state index is -0.389. The van der Waals surface area contributed by atoms with Gasteiger partial charge in [-0.15, -0.1) is 0 Å². The van der Waals surface area contributed by atoms with Crippen LogP contribution in [0.1, 0.15) is 29.1 Å². The van der Waals surface area contributed by atoms with Gasteiger partial charge in [0.1, 0.15) is 5.76 Å². The van der Waals surface area contributed by atoms with Crippen LogP contribution in [-0.4, -0.2) is 18.4 Å². The van der Waals surface area contributed by atoms with Gasteiger partial charge in [-0.2, -0.15) is 0 Å². The summed E-state index contributed by atoms with van der Waals surface area (Å²) < 4.78 is 5.89. The molecule has 22 heavy (non-hydrogen) atoms. The fourth-order valence-electron chi connectivity index (χ4n) is 1.77. The van der Waals surface area contributed by atoms with Crippen LogP contribution in [0.3, 0.4) is 0 Å². The van der Waals surface area contributed by atoms with Crippen molar-refractivity contribution in [1.82, 2.24) is 16.2 Å². The van der Waals surface area contributed by atoms with E-state index in [9.17, 15) is 9.59 Å². The summed E-state index contributed by atoms with van der Waals surface area (Å²) >= 11 is 3.28. The number of hydrazine groups is 1. The summed E-state index contributed by atoms with van der Waals surface area (Å²) in [6, 6.07) is 10.5. The number of rotatable bonds is 5. The van der Waals surface area contributed by atoms with Crippen molar-refractivity contribution in [1.29, 1.82) is 0 Å². The molecule has 0 saturated heterocycles. The van der Waals surface area contributed by atoms with Crippen molar-refractivity contribution in [3.63, 3.8) is 0 Å². The van der Waals surface area contributed by atoms with Crippen LogP contribution in [0.25, 0.3) is 0 Å². The van der Waals surface area contributed by atoms with E-state index < -0.39 is 0 Å². The number of hydrogen-bond acceptors (Lipinski definition) is 4. The highest BCUT2D eigenvalue weighted by Crippen LogP contribution is 2.15. The Morgan fingerprint density at radius 3 is 2.64 bits per heavy atom. The van der Waals surface area contributed by atoms with E-state index in [2.05, 4.69) is 32.1 Å². The molecule has 116 valence electrons. The van der Waals surface area contributed by atoms with Crippen molar-refractivity contribution in [2.45, 2.75) is 13.0 Å². The SMILES string of the molecule is C[C@H](NCC(=O)NNC(=O)c1ccccc1Br)c1ccco1. The minimum absolute atomic E-state index is 0.0537. The van der Waals surface area contributed by atoms with Crippen LogP contribution in [0.2, 0.25) is 0 Å². The van der Waals surface area contributed by atoms with E-state index in [0.717, 1.165) is 5.76 Å². The molecule has 0 radical (unpaired) electrons. The van der Waals surface area contributed by atoms with Gasteiger partial charge >= 0.3 is 0 Å². The zero-order valence-corrected chi connectivity index (χ0v) is 13.5. The number of halogens is 1. The number of carbonyl (C=O) groups is 2. The third-order valence-corrected chi connectivity index (χ3v) is 3.66. The molecule has 7 heteroatoms. The molecule has 0 fully saturated rings. The van der Waals surface area contributed by atoms with E-state index in [4.69, 9.17) is 4.42 Å².